The fraction of sp³-hybridized carbons (Fsp3) is 0.250. The smallest absolute Gasteiger partial charge is 0.335 e. The van der Waals surface area contributed by atoms with Crippen LogP contribution in [0.3, 0.4) is 0 Å². The van der Waals surface area contributed by atoms with Gasteiger partial charge in [-0.3, -0.25) is 5.32 Å². The van der Waals surface area contributed by atoms with E-state index in [1.807, 2.05) is 4.72 Å². The summed E-state index contributed by atoms with van der Waals surface area (Å²) < 4.78 is 32.2. The van der Waals surface area contributed by atoms with E-state index in [1.54, 1.807) is 39.0 Å². The Kier molecular flexibility index (Phi) is 6.23. The standard InChI is InChI=1S/C16H19N5O4S/c1-4-5-9-25-14-13(7-6-8-17-14)26(23,24)21-16(22)20-15-18-11(2)10-12(3)19-15/h4-8,10H,9H2,1-3H3,(H2,18,19,20,21,22). The molecule has 0 aromatic carbocycles. The highest BCUT2D eigenvalue weighted by Crippen LogP contribution is 2.20. The number of urea groups is 1. The molecule has 10 heteroatoms. The van der Waals surface area contributed by atoms with Crippen molar-refractivity contribution in [3.8, 4) is 5.88 Å². The summed E-state index contributed by atoms with van der Waals surface area (Å²) in [5, 5.41) is 2.30. The number of nitrogens with one attached hydrogen (secondary N) is 2. The van der Waals surface area contributed by atoms with Crippen molar-refractivity contribution < 1.29 is 17.9 Å². The van der Waals surface area contributed by atoms with Crippen LogP contribution in [-0.2, 0) is 10.0 Å². The van der Waals surface area contributed by atoms with Gasteiger partial charge in [0.05, 0.1) is 0 Å². The number of pyridine rings is 1. The van der Waals surface area contributed by atoms with Crippen LogP contribution in [0, 0.1) is 13.8 Å². The van der Waals surface area contributed by atoms with Gasteiger partial charge < -0.3 is 4.74 Å². The summed E-state index contributed by atoms with van der Waals surface area (Å²) in [6.45, 7) is 5.43. The molecule has 0 fully saturated rings. The molecular formula is C16H19N5O4S. The van der Waals surface area contributed by atoms with E-state index in [2.05, 4.69) is 20.3 Å². The molecule has 0 radical (unpaired) electrons. The van der Waals surface area contributed by atoms with Crippen molar-refractivity contribution in [3.63, 3.8) is 0 Å². The summed E-state index contributed by atoms with van der Waals surface area (Å²) >= 11 is 0. The highest BCUT2D eigenvalue weighted by atomic mass is 32.2. The molecule has 0 aliphatic heterocycles. The van der Waals surface area contributed by atoms with E-state index in [1.165, 1.54) is 18.3 Å². The summed E-state index contributed by atoms with van der Waals surface area (Å²) in [7, 11) is -4.20. The molecule has 2 rings (SSSR count). The predicted octanol–water partition coefficient (Wildman–Crippen LogP) is 1.95. The van der Waals surface area contributed by atoms with Gasteiger partial charge in [0.1, 0.15) is 11.5 Å². The third-order valence-corrected chi connectivity index (χ3v) is 4.36. The first-order chi connectivity index (χ1) is 12.3. The third-order valence-electron chi connectivity index (χ3n) is 3.01. The Labute approximate surface area is 151 Å². The van der Waals surface area contributed by atoms with Gasteiger partial charge in [-0.15, -0.1) is 0 Å². The predicted molar refractivity (Wildman–Crippen MR) is 95.4 cm³/mol. The maximum atomic E-state index is 12.5. The first-order valence-electron chi connectivity index (χ1n) is 7.67. The number of aromatic nitrogens is 3. The summed E-state index contributed by atoms with van der Waals surface area (Å²) in [5.74, 6) is -0.0977. The number of rotatable bonds is 6. The van der Waals surface area contributed by atoms with Crippen LogP contribution in [0.1, 0.15) is 18.3 Å². The lowest BCUT2D eigenvalue weighted by molar-refractivity contribution is 0.256. The Morgan fingerprint density at radius 2 is 1.96 bits per heavy atom. The fourth-order valence-electron chi connectivity index (χ4n) is 2.00. The number of anilines is 1. The normalized spacial score (nSPS) is 11.3. The molecule has 0 bridgehead atoms. The largest absolute Gasteiger partial charge is 0.472 e. The molecule has 0 saturated heterocycles. The number of hydrogen-bond donors (Lipinski definition) is 2. The molecule has 2 amide bonds. The maximum absolute atomic E-state index is 12.5. The second kappa shape index (κ2) is 8.39. The number of sulfonamides is 1. The Bertz CT molecular complexity index is 908. The molecule has 0 unspecified atom stereocenters. The summed E-state index contributed by atoms with van der Waals surface area (Å²) in [4.78, 5) is 23.7. The van der Waals surface area contributed by atoms with Gasteiger partial charge in [0.25, 0.3) is 10.0 Å². The minimum atomic E-state index is -4.20. The average Bonchev–Trinajstić information content (AvgIpc) is 2.53. The van der Waals surface area contributed by atoms with Gasteiger partial charge in [0.2, 0.25) is 11.8 Å². The molecule has 2 aromatic rings. The van der Waals surface area contributed by atoms with E-state index in [0.717, 1.165) is 0 Å². The topological polar surface area (TPSA) is 123 Å². The monoisotopic (exact) mass is 377 g/mol. The Morgan fingerprint density at radius 3 is 2.62 bits per heavy atom. The van der Waals surface area contributed by atoms with Crippen molar-refractivity contribution in [1.82, 2.24) is 19.7 Å². The van der Waals surface area contributed by atoms with E-state index >= 15 is 0 Å². The number of hydrogen-bond acceptors (Lipinski definition) is 7. The van der Waals surface area contributed by atoms with Gasteiger partial charge >= 0.3 is 6.03 Å². The van der Waals surface area contributed by atoms with Crippen LogP contribution >= 0.6 is 0 Å². The first-order valence-corrected chi connectivity index (χ1v) is 9.15. The minimum absolute atomic E-state index is 0.00550. The van der Waals surface area contributed by atoms with Gasteiger partial charge in [-0.05, 0) is 39.0 Å². The van der Waals surface area contributed by atoms with E-state index in [9.17, 15) is 13.2 Å². The second-order valence-electron chi connectivity index (χ2n) is 5.22. The Hall–Kier alpha value is -3.01. The van der Waals surface area contributed by atoms with Crippen LogP contribution in [-0.4, -0.2) is 36.0 Å². The van der Waals surface area contributed by atoms with Crippen LogP contribution in [0.5, 0.6) is 5.88 Å². The number of allylic oxidation sites excluding steroid dienone is 1. The van der Waals surface area contributed by atoms with Crippen molar-refractivity contribution in [2.24, 2.45) is 0 Å². The number of carbonyl (C=O) groups is 1. The van der Waals surface area contributed by atoms with Gasteiger partial charge in [-0.1, -0.05) is 12.2 Å². The first kappa shape index (κ1) is 19.3. The Morgan fingerprint density at radius 1 is 1.27 bits per heavy atom. The highest BCUT2D eigenvalue weighted by Gasteiger charge is 2.23. The number of amides is 2. The van der Waals surface area contributed by atoms with Crippen LogP contribution in [0.25, 0.3) is 0 Å². The second-order valence-corrected chi connectivity index (χ2v) is 6.87. The number of ether oxygens (including phenoxy) is 1. The summed E-state index contributed by atoms with van der Waals surface area (Å²) in [6.07, 6.45) is 4.85. The number of carbonyl (C=O) groups excluding carboxylic acids is 1. The quantitative estimate of drug-likeness (QED) is 0.738. The fourth-order valence-corrected chi connectivity index (χ4v) is 3.00. The lowest BCUT2D eigenvalue weighted by Crippen LogP contribution is -2.35. The molecule has 9 nitrogen and oxygen atoms in total. The van der Waals surface area contributed by atoms with E-state index < -0.39 is 16.1 Å². The lowest BCUT2D eigenvalue weighted by atomic mass is 10.4. The van der Waals surface area contributed by atoms with Crippen LogP contribution in [0.15, 0.2) is 41.4 Å². The maximum Gasteiger partial charge on any atom is 0.335 e. The SMILES string of the molecule is CC=CCOc1ncccc1S(=O)(=O)NC(=O)Nc1nc(C)cc(C)n1. The van der Waals surface area contributed by atoms with Gasteiger partial charge in [-0.25, -0.2) is 32.9 Å². The van der Waals surface area contributed by atoms with Crippen molar-refractivity contribution >= 4 is 22.0 Å². The van der Waals surface area contributed by atoms with Gasteiger partial charge in [-0.2, -0.15) is 0 Å². The zero-order valence-electron chi connectivity index (χ0n) is 14.6. The molecule has 0 spiro atoms. The molecule has 2 aromatic heterocycles. The molecule has 0 atom stereocenters. The van der Waals surface area contributed by atoms with E-state index in [0.29, 0.717) is 11.4 Å². The molecule has 2 heterocycles. The van der Waals surface area contributed by atoms with Crippen molar-refractivity contribution in [3.05, 3.63) is 47.9 Å². The van der Waals surface area contributed by atoms with Crippen molar-refractivity contribution in [2.45, 2.75) is 25.7 Å². The molecule has 0 aliphatic carbocycles. The zero-order valence-corrected chi connectivity index (χ0v) is 15.4. The average molecular weight is 377 g/mol. The molecule has 0 aliphatic rings. The third kappa shape index (κ3) is 5.24. The molecule has 138 valence electrons. The lowest BCUT2D eigenvalue weighted by Gasteiger charge is -2.11. The minimum Gasteiger partial charge on any atom is -0.472 e. The molecule has 26 heavy (non-hydrogen) atoms. The van der Waals surface area contributed by atoms with Crippen LogP contribution in [0.4, 0.5) is 10.7 Å². The molecular weight excluding hydrogens is 358 g/mol. The highest BCUT2D eigenvalue weighted by molar-refractivity contribution is 7.90. The van der Waals surface area contributed by atoms with Crippen LogP contribution < -0.4 is 14.8 Å². The Balaban J connectivity index is 2.16. The van der Waals surface area contributed by atoms with Crippen molar-refractivity contribution in [2.75, 3.05) is 11.9 Å². The van der Waals surface area contributed by atoms with Crippen LogP contribution in [0.2, 0.25) is 0 Å². The molecule has 0 saturated carbocycles. The van der Waals surface area contributed by atoms with Gasteiger partial charge in [0.15, 0.2) is 0 Å². The summed E-state index contributed by atoms with van der Waals surface area (Å²) in [5.41, 5.74) is 1.28. The van der Waals surface area contributed by atoms with E-state index in [4.69, 9.17) is 4.74 Å². The molecule has 2 N–H and O–H groups in total. The van der Waals surface area contributed by atoms with Gasteiger partial charge in [0, 0.05) is 17.6 Å². The number of aryl methyl sites for hydroxylation is 2. The summed E-state index contributed by atoms with van der Waals surface area (Å²) in [6, 6.07) is 3.46. The number of nitrogens with zero attached hydrogens (tertiary/aromatic N) is 3. The zero-order chi connectivity index (χ0) is 19.2. The van der Waals surface area contributed by atoms with Crippen molar-refractivity contribution in [1.29, 1.82) is 0 Å². The van der Waals surface area contributed by atoms with E-state index in [-0.39, 0.29) is 23.3 Å².